The third-order valence-corrected chi connectivity index (χ3v) is 4.03. The molecule has 146 valence electrons. The number of benzene rings is 1. The topological polar surface area (TPSA) is 67.8 Å². The van der Waals surface area contributed by atoms with Crippen molar-refractivity contribution in [2.45, 2.75) is 32.9 Å². The van der Waals surface area contributed by atoms with Gasteiger partial charge >= 0.3 is 0 Å². The molecule has 6 nitrogen and oxygen atoms in total. The molecule has 1 atom stereocenters. The van der Waals surface area contributed by atoms with Crippen molar-refractivity contribution in [2.24, 2.45) is 4.99 Å². The van der Waals surface area contributed by atoms with Gasteiger partial charge in [0.15, 0.2) is 5.96 Å². The van der Waals surface area contributed by atoms with Crippen LogP contribution >= 0.6 is 0 Å². The van der Waals surface area contributed by atoms with Crippen molar-refractivity contribution in [1.82, 2.24) is 15.6 Å². The average molecular weight is 370 g/mol. The molecule has 0 saturated carbocycles. The van der Waals surface area contributed by atoms with Crippen LogP contribution in [0.4, 0.5) is 0 Å². The van der Waals surface area contributed by atoms with Crippen molar-refractivity contribution < 1.29 is 9.47 Å². The number of ether oxygens (including phenoxy) is 2. The van der Waals surface area contributed by atoms with Crippen LogP contribution in [0.5, 0.6) is 5.88 Å². The lowest BCUT2D eigenvalue weighted by Crippen LogP contribution is -2.37. The molecule has 0 saturated heterocycles. The molecule has 0 radical (unpaired) electrons. The molecule has 0 aliphatic heterocycles. The highest BCUT2D eigenvalue weighted by Gasteiger charge is 2.05. The molecule has 2 aromatic rings. The zero-order valence-corrected chi connectivity index (χ0v) is 16.4. The first-order valence-corrected chi connectivity index (χ1v) is 9.41. The number of aromatic nitrogens is 1. The van der Waals surface area contributed by atoms with Crippen molar-refractivity contribution >= 4 is 5.96 Å². The summed E-state index contributed by atoms with van der Waals surface area (Å²) >= 11 is 0. The fourth-order valence-corrected chi connectivity index (χ4v) is 2.55. The summed E-state index contributed by atoms with van der Waals surface area (Å²) in [6.45, 7) is 6.78. The first-order chi connectivity index (χ1) is 13.2. The molecule has 2 N–H and O–H groups in total. The predicted molar refractivity (Wildman–Crippen MR) is 109 cm³/mol. The van der Waals surface area contributed by atoms with Gasteiger partial charge in [-0.1, -0.05) is 30.3 Å². The molecule has 27 heavy (non-hydrogen) atoms. The summed E-state index contributed by atoms with van der Waals surface area (Å²) in [4.78, 5) is 8.42. The summed E-state index contributed by atoms with van der Waals surface area (Å²) in [7, 11) is 1.77. The maximum absolute atomic E-state index is 5.89. The molecule has 0 aliphatic rings. The highest BCUT2D eigenvalue weighted by atomic mass is 16.5. The number of guanidine groups is 1. The summed E-state index contributed by atoms with van der Waals surface area (Å²) in [6.07, 6.45) is 2.76. The van der Waals surface area contributed by atoms with Crippen LogP contribution in [-0.2, 0) is 11.3 Å². The fourth-order valence-electron chi connectivity index (χ4n) is 2.55. The van der Waals surface area contributed by atoms with Gasteiger partial charge in [-0.2, -0.15) is 0 Å². The predicted octanol–water partition coefficient (Wildman–Crippen LogP) is 3.31. The minimum Gasteiger partial charge on any atom is -0.478 e. The maximum atomic E-state index is 5.89. The molecule has 1 heterocycles. The second-order valence-electron chi connectivity index (χ2n) is 6.07. The first-order valence-electron chi connectivity index (χ1n) is 9.41. The molecule has 6 heteroatoms. The molecule has 0 amide bonds. The summed E-state index contributed by atoms with van der Waals surface area (Å²) in [5.74, 6) is 1.41. The van der Waals surface area contributed by atoms with Crippen LogP contribution in [0.1, 0.15) is 37.5 Å². The Morgan fingerprint density at radius 3 is 2.74 bits per heavy atom. The van der Waals surface area contributed by atoms with Gasteiger partial charge in [0.05, 0.1) is 12.7 Å². The number of nitrogens with zero attached hydrogens (tertiary/aromatic N) is 2. The number of rotatable bonds is 10. The van der Waals surface area contributed by atoms with E-state index in [2.05, 4.69) is 39.7 Å². The zero-order chi connectivity index (χ0) is 19.3. The maximum Gasteiger partial charge on any atom is 0.213 e. The van der Waals surface area contributed by atoms with Gasteiger partial charge in [-0.3, -0.25) is 4.99 Å². The van der Waals surface area contributed by atoms with Gasteiger partial charge in [0.2, 0.25) is 5.88 Å². The van der Waals surface area contributed by atoms with E-state index in [1.54, 1.807) is 13.2 Å². The molecule has 2 rings (SSSR count). The monoisotopic (exact) mass is 370 g/mol. The lowest BCUT2D eigenvalue weighted by Gasteiger charge is -2.15. The minimum absolute atomic E-state index is 0.106. The van der Waals surface area contributed by atoms with Crippen molar-refractivity contribution in [3.63, 3.8) is 0 Å². The summed E-state index contributed by atoms with van der Waals surface area (Å²) in [5, 5.41) is 6.60. The number of hydrogen-bond acceptors (Lipinski definition) is 4. The van der Waals surface area contributed by atoms with E-state index in [1.807, 2.05) is 37.3 Å². The van der Waals surface area contributed by atoms with E-state index >= 15 is 0 Å². The van der Waals surface area contributed by atoms with Crippen molar-refractivity contribution in [2.75, 3.05) is 26.8 Å². The van der Waals surface area contributed by atoms with Gasteiger partial charge in [0.1, 0.15) is 0 Å². The van der Waals surface area contributed by atoms with E-state index in [4.69, 9.17) is 9.47 Å². The van der Waals surface area contributed by atoms with Crippen LogP contribution in [-0.4, -0.2) is 37.7 Å². The summed E-state index contributed by atoms with van der Waals surface area (Å²) in [6, 6.07) is 14.2. The standard InChI is InChI=1S/C21H30N4O2/c1-4-26-20-15-18(11-13-23-20)16-25-21(22-3)24-12-8-14-27-17(2)19-9-6-5-7-10-19/h5-7,9-11,13,15,17H,4,8,12,14,16H2,1-3H3,(H2,22,24,25). The van der Waals surface area contributed by atoms with Crippen LogP contribution in [0.15, 0.2) is 53.7 Å². The van der Waals surface area contributed by atoms with Gasteiger partial charge in [-0.05, 0) is 37.5 Å². The van der Waals surface area contributed by atoms with Crippen LogP contribution in [0, 0.1) is 0 Å². The Labute approximate surface area is 162 Å². The molecule has 0 bridgehead atoms. The Kier molecular flexibility index (Phi) is 9.13. The van der Waals surface area contributed by atoms with Crippen LogP contribution < -0.4 is 15.4 Å². The highest BCUT2D eigenvalue weighted by Crippen LogP contribution is 2.15. The molecular formula is C21H30N4O2. The smallest absolute Gasteiger partial charge is 0.213 e. The normalized spacial score (nSPS) is 12.5. The summed E-state index contributed by atoms with van der Waals surface area (Å²) < 4.78 is 11.3. The molecule has 0 fully saturated rings. The lowest BCUT2D eigenvalue weighted by molar-refractivity contribution is 0.0646. The van der Waals surface area contributed by atoms with Gasteiger partial charge in [0.25, 0.3) is 0 Å². The Morgan fingerprint density at radius 2 is 2.00 bits per heavy atom. The van der Waals surface area contributed by atoms with E-state index in [0.29, 0.717) is 25.6 Å². The van der Waals surface area contributed by atoms with Gasteiger partial charge in [0, 0.05) is 39.0 Å². The Morgan fingerprint density at radius 1 is 1.19 bits per heavy atom. The number of aliphatic imine (C=N–C) groups is 1. The van der Waals surface area contributed by atoms with E-state index in [1.165, 1.54) is 5.56 Å². The number of hydrogen-bond donors (Lipinski definition) is 2. The Hall–Kier alpha value is -2.60. The first kappa shape index (κ1) is 20.7. The Bertz CT molecular complexity index is 692. The van der Waals surface area contributed by atoms with Crippen LogP contribution in [0.3, 0.4) is 0 Å². The second kappa shape index (κ2) is 11.9. The van der Waals surface area contributed by atoms with E-state index in [-0.39, 0.29) is 6.10 Å². The molecule has 1 aromatic heterocycles. The van der Waals surface area contributed by atoms with Gasteiger partial charge in [-0.15, -0.1) is 0 Å². The Balaban J connectivity index is 1.65. The summed E-state index contributed by atoms with van der Waals surface area (Å²) in [5.41, 5.74) is 2.29. The number of nitrogens with one attached hydrogen (secondary N) is 2. The van der Waals surface area contributed by atoms with Crippen molar-refractivity contribution in [1.29, 1.82) is 0 Å². The quantitative estimate of drug-likeness (QED) is 0.381. The van der Waals surface area contributed by atoms with Gasteiger partial charge < -0.3 is 20.1 Å². The van der Waals surface area contributed by atoms with E-state index < -0.39 is 0 Å². The fraction of sp³-hybridized carbons (Fsp3) is 0.429. The average Bonchev–Trinajstić information content (AvgIpc) is 2.71. The third kappa shape index (κ3) is 7.66. The highest BCUT2D eigenvalue weighted by molar-refractivity contribution is 5.79. The van der Waals surface area contributed by atoms with Crippen LogP contribution in [0.2, 0.25) is 0 Å². The van der Waals surface area contributed by atoms with Crippen LogP contribution in [0.25, 0.3) is 0 Å². The SMILES string of the molecule is CCOc1cc(CNC(=NC)NCCCOC(C)c2ccccc2)ccn1. The third-order valence-electron chi connectivity index (χ3n) is 4.03. The minimum atomic E-state index is 0.106. The molecular weight excluding hydrogens is 340 g/mol. The van der Waals surface area contributed by atoms with Crippen molar-refractivity contribution in [3.05, 3.63) is 59.8 Å². The van der Waals surface area contributed by atoms with E-state index in [0.717, 1.165) is 24.5 Å². The molecule has 1 aromatic carbocycles. The zero-order valence-electron chi connectivity index (χ0n) is 16.4. The van der Waals surface area contributed by atoms with E-state index in [9.17, 15) is 0 Å². The van der Waals surface area contributed by atoms with Gasteiger partial charge in [-0.25, -0.2) is 4.98 Å². The lowest BCUT2D eigenvalue weighted by atomic mass is 10.1. The second-order valence-corrected chi connectivity index (χ2v) is 6.07. The number of pyridine rings is 1. The molecule has 0 aliphatic carbocycles. The largest absolute Gasteiger partial charge is 0.478 e. The molecule has 1 unspecified atom stereocenters. The van der Waals surface area contributed by atoms with Crippen molar-refractivity contribution in [3.8, 4) is 5.88 Å². The molecule has 0 spiro atoms.